The average molecular weight is 370 g/mol. The molecule has 2 heterocycles. The zero-order valence-electron chi connectivity index (χ0n) is 15.1. The summed E-state index contributed by atoms with van der Waals surface area (Å²) in [6, 6.07) is 7.62. The van der Waals surface area contributed by atoms with E-state index in [0.29, 0.717) is 10.7 Å². The lowest BCUT2D eigenvalue weighted by atomic mass is 9.94. The minimum absolute atomic E-state index is 0.333. The minimum atomic E-state index is -0.345. The molecule has 1 aromatic carbocycles. The molecule has 1 N–H and O–H groups in total. The van der Waals surface area contributed by atoms with E-state index in [1.54, 1.807) is 12.5 Å². The van der Waals surface area contributed by atoms with Crippen LogP contribution in [0.15, 0.2) is 54.3 Å². The SMILES string of the molecule is CCCN1C(=S)N[C@H](c2ccc(-n3ccnc3)cc2)C(C(=O)OC)=C1C. The van der Waals surface area contributed by atoms with Crippen molar-refractivity contribution in [2.45, 2.75) is 26.3 Å². The molecule has 2 aromatic rings. The Bertz CT molecular complexity index is 828. The molecule has 26 heavy (non-hydrogen) atoms. The number of hydrogen-bond donors (Lipinski definition) is 1. The van der Waals surface area contributed by atoms with E-state index in [-0.39, 0.29) is 12.0 Å². The first-order valence-corrected chi connectivity index (χ1v) is 8.93. The average Bonchev–Trinajstić information content (AvgIpc) is 3.19. The zero-order valence-corrected chi connectivity index (χ0v) is 15.9. The number of rotatable bonds is 5. The van der Waals surface area contributed by atoms with Crippen LogP contribution in [0.1, 0.15) is 31.9 Å². The summed E-state index contributed by atoms with van der Waals surface area (Å²) in [4.78, 5) is 18.5. The van der Waals surface area contributed by atoms with Gasteiger partial charge in [-0.3, -0.25) is 0 Å². The number of carbonyl (C=O) groups excluding carboxylic acids is 1. The lowest BCUT2D eigenvalue weighted by Crippen LogP contribution is -2.48. The molecule has 0 unspecified atom stereocenters. The van der Waals surface area contributed by atoms with Crippen LogP contribution in [0.3, 0.4) is 0 Å². The van der Waals surface area contributed by atoms with Gasteiger partial charge in [0.1, 0.15) is 0 Å². The molecule has 0 spiro atoms. The molecule has 1 atom stereocenters. The Balaban J connectivity index is 1.99. The van der Waals surface area contributed by atoms with Crippen LogP contribution >= 0.6 is 12.2 Å². The first kappa shape index (κ1) is 18.1. The number of aromatic nitrogens is 2. The maximum absolute atomic E-state index is 12.5. The van der Waals surface area contributed by atoms with Crippen LogP contribution in [-0.4, -0.2) is 39.2 Å². The number of esters is 1. The number of allylic oxidation sites excluding steroid dienone is 1. The summed E-state index contributed by atoms with van der Waals surface area (Å²) in [7, 11) is 1.40. The van der Waals surface area contributed by atoms with Crippen molar-refractivity contribution in [1.82, 2.24) is 19.8 Å². The lowest BCUT2D eigenvalue weighted by Gasteiger charge is -2.37. The molecule has 0 bridgehead atoms. The monoisotopic (exact) mass is 370 g/mol. The molecule has 7 heteroatoms. The predicted molar refractivity (Wildman–Crippen MR) is 104 cm³/mol. The number of nitrogens with zero attached hydrogens (tertiary/aromatic N) is 3. The van der Waals surface area contributed by atoms with Crippen molar-refractivity contribution in [2.75, 3.05) is 13.7 Å². The highest BCUT2D eigenvalue weighted by Crippen LogP contribution is 2.31. The Morgan fingerprint density at radius 2 is 2.08 bits per heavy atom. The number of thiocarbonyl (C=S) groups is 1. The van der Waals surface area contributed by atoms with Crippen LogP contribution in [0.25, 0.3) is 5.69 Å². The van der Waals surface area contributed by atoms with Crippen molar-refractivity contribution in [2.24, 2.45) is 0 Å². The topological polar surface area (TPSA) is 59.4 Å². The second kappa shape index (κ2) is 7.70. The number of imidazole rings is 1. The van der Waals surface area contributed by atoms with E-state index < -0.39 is 0 Å². The van der Waals surface area contributed by atoms with Crippen molar-refractivity contribution in [3.8, 4) is 5.69 Å². The summed E-state index contributed by atoms with van der Waals surface area (Å²) in [5.41, 5.74) is 3.38. The minimum Gasteiger partial charge on any atom is -0.466 e. The third-order valence-corrected chi connectivity index (χ3v) is 4.82. The van der Waals surface area contributed by atoms with Gasteiger partial charge in [0, 0.05) is 30.3 Å². The van der Waals surface area contributed by atoms with Gasteiger partial charge in [-0.05, 0) is 43.3 Å². The molecule has 1 aromatic heterocycles. The second-order valence-corrected chi connectivity index (χ2v) is 6.47. The largest absolute Gasteiger partial charge is 0.466 e. The predicted octanol–water partition coefficient (Wildman–Crippen LogP) is 2.96. The highest BCUT2D eigenvalue weighted by atomic mass is 32.1. The van der Waals surface area contributed by atoms with Crippen molar-refractivity contribution in [3.63, 3.8) is 0 Å². The van der Waals surface area contributed by atoms with E-state index in [1.807, 2.05) is 46.9 Å². The van der Waals surface area contributed by atoms with E-state index in [0.717, 1.165) is 29.9 Å². The number of benzene rings is 1. The van der Waals surface area contributed by atoms with E-state index in [1.165, 1.54) is 7.11 Å². The number of methoxy groups -OCH3 is 1. The van der Waals surface area contributed by atoms with E-state index in [4.69, 9.17) is 17.0 Å². The van der Waals surface area contributed by atoms with Gasteiger partial charge >= 0.3 is 5.97 Å². The molecular formula is C19H22N4O2S. The number of hydrogen-bond acceptors (Lipinski definition) is 4. The molecule has 6 nitrogen and oxygen atoms in total. The van der Waals surface area contributed by atoms with E-state index in [2.05, 4.69) is 17.2 Å². The van der Waals surface area contributed by atoms with Crippen LogP contribution in [0.2, 0.25) is 0 Å². The summed E-state index contributed by atoms with van der Waals surface area (Å²) >= 11 is 5.53. The second-order valence-electron chi connectivity index (χ2n) is 6.09. The van der Waals surface area contributed by atoms with E-state index in [9.17, 15) is 4.79 Å². The highest BCUT2D eigenvalue weighted by Gasteiger charge is 2.34. The molecule has 1 aliphatic rings. The summed E-state index contributed by atoms with van der Waals surface area (Å²) < 4.78 is 6.96. The summed E-state index contributed by atoms with van der Waals surface area (Å²) in [6.07, 6.45) is 6.29. The zero-order chi connectivity index (χ0) is 18.7. The Morgan fingerprint density at radius 3 is 2.65 bits per heavy atom. The first-order chi connectivity index (χ1) is 12.6. The quantitative estimate of drug-likeness (QED) is 0.645. The Kier molecular flexibility index (Phi) is 5.37. The molecule has 0 aliphatic carbocycles. The van der Waals surface area contributed by atoms with Crippen molar-refractivity contribution in [3.05, 3.63) is 59.8 Å². The molecule has 0 radical (unpaired) electrons. The van der Waals surface area contributed by atoms with Gasteiger partial charge in [0.25, 0.3) is 0 Å². The normalized spacial score (nSPS) is 17.3. The van der Waals surface area contributed by atoms with Crippen molar-refractivity contribution in [1.29, 1.82) is 0 Å². The molecule has 3 rings (SSSR count). The molecule has 1 aliphatic heterocycles. The van der Waals surface area contributed by atoms with Crippen LogP contribution in [0.5, 0.6) is 0 Å². The number of carbonyl (C=O) groups is 1. The number of nitrogens with one attached hydrogen (secondary N) is 1. The van der Waals surface area contributed by atoms with E-state index >= 15 is 0 Å². The Labute approximate surface area is 158 Å². The van der Waals surface area contributed by atoms with Crippen molar-refractivity contribution < 1.29 is 9.53 Å². The van der Waals surface area contributed by atoms with Crippen LogP contribution in [-0.2, 0) is 9.53 Å². The number of ether oxygens (including phenoxy) is 1. The Morgan fingerprint density at radius 1 is 1.35 bits per heavy atom. The van der Waals surface area contributed by atoms with Crippen molar-refractivity contribution >= 4 is 23.3 Å². The fraction of sp³-hybridized carbons (Fsp3) is 0.316. The smallest absolute Gasteiger partial charge is 0.337 e. The highest BCUT2D eigenvalue weighted by molar-refractivity contribution is 7.80. The first-order valence-electron chi connectivity index (χ1n) is 8.52. The summed E-state index contributed by atoms with van der Waals surface area (Å²) in [6.45, 7) is 4.75. The molecule has 0 fully saturated rings. The molecule has 0 saturated carbocycles. The van der Waals surface area contributed by atoms with Gasteiger partial charge in [0.05, 0.1) is 25.1 Å². The van der Waals surface area contributed by atoms with Gasteiger partial charge < -0.3 is 19.5 Å². The third-order valence-electron chi connectivity index (χ3n) is 4.48. The van der Waals surface area contributed by atoms with Gasteiger partial charge in [0.2, 0.25) is 0 Å². The van der Waals surface area contributed by atoms with Gasteiger partial charge in [-0.2, -0.15) is 0 Å². The fourth-order valence-electron chi connectivity index (χ4n) is 3.15. The van der Waals surface area contributed by atoms with Gasteiger partial charge in [0.15, 0.2) is 5.11 Å². The molecule has 0 amide bonds. The third kappa shape index (κ3) is 3.35. The maximum atomic E-state index is 12.5. The standard InChI is InChI=1S/C19H22N4O2S/c1-4-10-23-13(2)16(18(24)25-3)17(21-19(23)26)14-5-7-15(8-6-14)22-11-9-20-12-22/h5-9,11-12,17H,4,10H2,1-3H3,(H,21,26)/t17-/m1/s1. The fourth-order valence-corrected chi connectivity index (χ4v) is 3.50. The van der Waals surface area contributed by atoms with Gasteiger partial charge in [-0.1, -0.05) is 19.1 Å². The summed E-state index contributed by atoms with van der Waals surface area (Å²) in [5, 5.41) is 3.92. The van der Waals surface area contributed by atoms with Gasteiger partial charge in [-0.15, -0.1) is 0 Å². The van der Waals surface area contributed by atoms with Crippen LogP contribution in [0, 0.1) is 0 Å². The molecule has 136 valence electrons. The Hall–Kier alpha value is -2.67. The van der Waals surface area contributed by atoms with Crippen LogP contribution in [0.4, 0.5) is 0 Å². The van der Waals surface area contributed by atoms with Crippen LogP contribution < -0.4 is 5.32 Å². The summed E-state index contributed by atoms with van der Waals surface area (Å²) in [5.74, 6) is -0.345. The maximum Gasteiger partial charge on any atom is 0.337 e. The molecular weight excluding hydrogens is 348 g/mol. The van der Waals surface area contributed by atoms with Gasteiger partial charge in [-0.25, -0.2) is 9.78 Å². The molecule has 0 saturated heterocycles. The lowest BCUT2D eigenvalue weighted by molar-refractivity contribution is -0.136.